The highest BCUT2D eigenvalue weighted by Crippen LogP contribution is 2.40. The molecule has 0 radical (unpaired) electrons. The fourth-order valence-electron chi connectivity index (χ4n) is 4.13. The van der Waals surface area contributed by atoms with Crippen molar-refractivity contribution >= 4 is 17.9 Å². The first-order chi connectivity index (χ1) is 14.1. The molecule has 0 aliphatic heterocycles. The second kappa shape index (κ2) is 12.3. The van der Waals surface area contributed by atoms with E-state index in [0.717, 1.165) is 25.7 Å². The maximum atomic E-state index is 13.2. The van der Waals surface area contributed by atoms with Crippen molar-refractivity contribution in [3.05, 3.63) is 0 Å². The van der Waals surface area contributed by atoms with Crippen LogP contribution in [0.5, 0.6) is 0 Å². The predicted octanol–water partition coefficient (Wildman–Crippen LogP) is 3.78. The number of carbonyl (C=O) groups is 3. The Balaban J connectivity index is 3.31. The molecule has 7 heteroatoms. The van der Waals surface area contributed by atoms with Gasteiger partial charge in [-0.1, -0.05) is 39.0 Å². The molecule has 0 aromatic heterocycles. The lowest BCUT2D eigenvalue weighted by Gasteiger charge is -2.36. The van der Waals surface area contributed by atoms with Gasteiger partial charge in [0.15, 0.2) is 5.41 Å². The molecule has 0 heterocycles. The van der Waals surface area contributed by atoms with Gasteiger partial charge in [0.05, 0.1) is 13.2 Å². The summed E-state index contributed by atoms with van der Waals surface area (Å²) in [7, 11) is 0. The second-order valence-corrected chi connectivity index (χ2v) is 9.08. The first-order valence-electron chi connectivity index (χ1n) is 11.4. The molecule has 1 fully saturated rings. The number of ether oxygens (including phenoxy) is 3. The van der Waals surface area contributed by atoms with Crippen molar-refractivity contribution in [2.24, 2.45) is 11.3 Å². The van der Waals surface area contributed by atoms with E-state index in [0.29, 0.717) is 13.0 Å². The average Bonchev–Trinajstić information content (AvgIpc) is 2.66. The van der Waals surface area contributed by atoms with E-state index >= 15 is 0 Å². The van der Waals surface area contributed by atoms with Crippen LogP contribution in [0.4, 0.5) is 0 Å². The van der Waals surface area contributed by atoms with Gasteiger partial charge in [0.1, 0.15) is 11.6 Å². The van der Waals surface area contributed by atoms with E-state index in [2.05, 4.69) is 5.32 Å². The first kappa shape index (κ1) is 26.4. The Bertz CT molecular complexity index is 545. The van der Waals surface area contributed by atoms with Crippen LogP contribution in [0.3, 0.4) is 0 Å². The van der Waals surface area contributed by atoms with Crippen LogP contribution in [-0.2, 0) is 28.6 Å². The largest absolute Gasteiger partial charge is 0.465 e. The summed E-state index contributed by atoms with van der Waals surface area (Å²) >= 11 is 0. The maximum Gasteiger partial charge on any atom is 0.323 e. The number of hydrogen-bond donors (Lipinski definition) is 1. The fourth-order valence-corrected chi connectivity index (χ4v) is 4.13. The monoisotopic (exact) mass is 427 g/mol. The third-order valence-corrected chi connectivity index (χ3v) is 5.39. The Morgan fingerprint density at radius 3 is 1.90 bits per heavy atom. The molecule has 7 nitrogen and oxygen atoms in total. The summed E-state index contributed by atoms with van der Waals surface area (Å²) in [6.07, 6.45) is 5.53. The summed E-state index contributed by atoms with van der Waals surface area (Å²) in [4.78, 5) is 39.3. The minimum Gasteiger partial charge on any atom is -0.465 e. The zero-order valence-electron chi connectivity index (χ0n) is 19.7. The van der Waals surface area contributed by atoms with Crippen molar-refractivity contribution in [3.8, 4) is 0 Å². The lowest BCUT2D eigenvalue weighted by atomic mass is 9.71. The molecule has 0 aromatic rings. The summed E-state index contributed by atoms with van der Waals surface area (Å²) in [6.45, 7) is 11.5. The Hall–Kier alpha value is -1.63. The number of hydrogen-bond acceptors (Lipinski definition) is 7. The van der Waals surface area contributed by atoms with Gasteiger partial charge in [-0.25, -0.2) is 0 Å². The Morgan fingerprint density at radius 1 is 0.933 bits per heavy atom. The van der Waals surface area contributed by atoms with Gasteiger partial charge in [-0.05, 0) is 53.5 Å². The highest BCUT2D eigenvalue weighted by atomic mass is 16.6. The van der Waals surface area contributed by atoms with E-state index in [-0.39, 0.29) is 25.6 Å². The topological polar surface area (TPSA) is 90.9 Å². The third kappa shape index (κ3) is 7.89. The molecule has 1 aliphatic carbocycles. The Kier molecular flexibility index (Phi) is 10.8. The van der Waals surface area contributed by atoms with Crippen molar-refractivity contribution in [1.82, 2.24) is 5.32 Å². The molecule has 1 unspecified atom stereocenters. The third-order valence-electron chi connectivity index (χ3n) is 5.39. The molecule has 0 amide bonds. The molecule has 0 aromatic carbocycles. The maximum absolute atomic E-state index is 13.2. The summed E-state index contributed by atoms with van der Waals surface area (Å²) in [5, 5.41) is 3.10. The van der Waals surface area contributed by atoms with Gasteiger partial charge in [0, 0.05) is 6.42 Å². The summed E-state index contributed by atoms with van der Waals surface area (Å²) in [6, 6.07) is -0.813. The Morgan fingerprint density at radius 2 is 1.47 bits per heavy atom. The number of likely N-dealkylation sites (N-methyl/N-ethyl adjacent to an activating group) is 1. The first-order valence-corrected chi connectivity index (χ1v) is 11.4. The Labute approximate surface area is 181 Å². The zero-order valence-corrected chi connectivity index (χ0v) is 19.7. The van der Waals surface area contributed by atoms with Crippen LogP contribution in [0.25, 0.3) is 0 Å². The van der Waals surface area contributed by atoms with E-state index in [1.165, 1.54) is 6.42 Å². The van der Waals surface area contributed by atoms with E-state index in [1.807, 2.05) is 6.92 Å². The molecule has 1 atom stereocenters. The van der Waals surface area contributed by atoms with Crippen LogP contribution >= 0.6 is 0 Å². The van der Waals surface area contributed by atoms with Crippen LogP contribution in [0.2, 0.25) is 0 Å². The SMILES string of the molecule is CCNC(CC(CC1CCCCC1)(C(=O)OCC)C(=O)OCC)C(=O)OC(C)(C)C. The van der Waals surface area contributed by atoms with Crippen molar-refractivity contribution in [2.45, 2.75) is 98.1 Å². The molecule has 1 N–H and O–H groups in total. The molecule has 0 saturated heterocycles. The molecular weight excluding hydrogens is 386 g/mol. The van der Waals surface area contributed by atoms with Crippen molar-refractivity contribution in [3.63, 3.8) is 0 Å². The van der Waals surface area contributed by atoms with Gasteiger partial charge in [-0.3, -0.25) is 14.4 Å². The normalized spacial score (nSPS) is 16.6. The fraction of sp³-hybridized carbons (Fsp3) is 0.870. The van der Waals surface area contributed by atoms with Gasteiger partial charge in [-0.15, -0.1) is 0 Å². The van der Waals surface area contributed by atoms with Crippen molar-refractivity contribution < 1.29 is 28.6 Å². The molecule has 1 aliphatic rings. The van der Waals surface area contributed by atoms with E-state index < -0.39 is 35.0 Å². The summed E-state index contributed by atoms with van der Waals surface area (Å²) in [5.41, 5.74) is -2.21. The molecule has 1 rings (SSSR count). The van der Waals surface area contributed by atoms with Gasteiger partial charge in [-0.2, -0.15) is 0 Å². The lowest BCUT2D eigenvalue weighted by Crippen LogP contribution is -2.51. The van der Waals surface area contributed by atoms with E-state index in [9.17, 15) is 14.4 Å². The van der Waals surface area contributed by atoms with E-state index in [4.69, 9.17) is 14.2 Å². The number of carbonyl (C=O) groups excluding carboxylic acids is 3. The summed E-state index contributed by atoms with van der Waals surface area (Å²) in [5.74, 6) is -1.49. The van der Waals surface area contributed by atoms with Crippen LogP contribution in [-0.4, -0.2) is 49.3 Å². The summed E-state index contributed by atoms with van der Waals surface area (Å²) < 4.78 is 16.3. The highest BCUT2D eigenvalue weighted by Gasteiger charge is 2.52. The standard InChI is InChI=1S/C23H41NO6/c1-7-24-18(19(25)30-22(4,5)6)16-23(20(26)28-8-2,21(27)29-9-3)15-17-13-11-10-12-14-17/h17-18,24H,7-16H2,1-6H3. The van der Waals surface area contributed by atoms with Crippen LogP contribution < -0.4 is 5.32 Å². The zero-order chi connectivity index (χ0) is 22.8. The van der Waals surface area contributed by atoms with Gasteiger partial charge >= 0.3 is 17.9 Å². The smallest absolute Gasteiger partial charge is 0.323 e. The quantitative estimate of drug-likeness (QED) is 0.305. The van der Waals surface area contributed by atoms with Gasteiger partial charge < -0.3 is 19.5 Å². The molecule has 0 spiro atoms. The number of rotatable bonds is 11. The number of esters is 3. The van der Waals surface area contributed by atoms with Gasteiger partial charge in [0.2, 0.25) is 0 Å². The van der Waals surface area contributed by atoms with Crippen LogP contribution in [0.1, 0.15) is 86.5 Å². The number of nitrogens with one attached hydrogen (secondary N) is 1. The highest BCUT2D eigenvalue weighted by molar-refractivity contribution is 6.00. The minimum atomic E-state index is -1.53. The van der Waals surface area contributed by atoms with E-state index in [1.54, 1.807) is 34.6 Å². The predicted molar refractivity (Wildman–Crippen MR) is 115 cm³/mol. The molecule has 1 saturated carbocycles. The second-order valence-electron chi connectivity index (χ2n) is 9.08. The minimum absolute atomic E-state index is 0.0378. The molecule has 0 bridgehead atoms. The van der Waals surface area contributed by atoms with Crippen LogP contribution in [0.15, 0.2) is 0 Å². The molecule has 174 valence electrons. The molecular formula is C23H41NO6. The average molecular weight is 428 g/mol. The van der Waals surface area contributed by atoms with Crippen molar-refractivity contribution in [1.29, 1.82) is 0 Å². The van der Waals surface area contributed by atoms with Gasteiger partial charge in [0.25, 0.3) is 0 Å². The van der Waals surface area contributed by atoms with Crippen LogP contribution in [0, 0.1) is 11.3 Å². The van der Waals surface area contributed by atoms with Crippen molar-refractivity contribution in [2.75, 3.05) is 19.8 Å². The molecule has 30 heavy (non-hydrogen) atoms. The lowest BCUT2D eigenvalue weighted by molar-refractivity contribution is -0.176.